The highest BCUT2D eigenvalue weighted by molar-refractivity contribution is 9.11. The number of thiophene rings is 1. The van der Waals surface area contributed by atoms with E-state index in [-0.39, 0.29) is 6.04 Å². The molecule has 0 spiro atoms. The van der Waals surface area contributed by atoms with Crippen LogP contribution >= 0.6 is 50.5 Å². The summed E-state index contributed by atoms with van der Waals surface area (Å²) in [4.78, 5) is 1.11. The molecule has 0 saturated heterocycles. The van der Waals surface area contributed by atoms with Crippen LogP contribution in [0.5, 0.6) is 0 Å². The molecule has 90 valence electrons. The Morgan fingerprint density at radius 3 is 2.47 bits per heavy atom. The Morgan fingerprint density at radius 2 is 1.94 bits per heavy atom. The Kier molecular flexibility index (Phi) is 4.47. The van der Waals surface area contributed by atoms with Gasteiger partial charge in [0.15, 0.2) is 0 Å². The minimum atomic E-state index is -0.0823. The molecule has 0 aliphatic heterocycles. The molecule has 0 bridgehead atoms. The first kappa shape index (κ1) is 13.3. The van der Waals surface area contributed by atoms with E-state index >= 15 is 0 Å². The Labute approximate surface area is 122 Å². The number of hydrazine groups is 1. The van der Waals surface area contributed by atoms with Gasteiger partial charge < -0.3 is 0 Å². The molecule has 2 nitrogen and oxygen atoms in total. The lowest BCUT2D eigenvalue weighted by molar-refractivity contribution is 0.646. The van der Waals surface area contributed by atoms with Crippen molar-refractivity contribution in [3.05, 3.63) is 54.6 Å². The summed E-state index contributed by atoms with van der Waals surface area (Å²) in [6.45, 7) is 0. The molecule has 1 aromatic carbocycles. The average Bonchev–Trinajstić information content (AvgIpc) is 2.71. The quantitative estimate of drug-likeness (QED) is 0.636. The van der Waals surface area contributed by atoms with E-state index in [1.807, 2.05) is 24.3 Å². The smallest absolute Gasteiger partial charge is 0.0803 e. The van der Waals surface area contributed by atoms with Gasteiger partial charge in [-0.2, -0.15) is 0 Å². The van der Waals surface area contributed by atoms with Crippen LogP contribution in [-0.4, -0.2) is 0 Å². The van der Waals surface area contributed by atoms with Crippen LogP contribution in [0.2, 0.25) is 10.0 Å². The third-order valence-corrected chi connectivity index (χ3v) is 4.75. The highest BCUT2D eigenvalue weighted by Gasteiger charge is 2.15. The number of nitrogens with one attached hydrogen (secondary N) is 1. The first-order valence-corrected chi connectivity index (χ1v) is 7.14. The Balaban J connectivity index is 2.38. The van der Waals surface area contributed by atoms with Gasteiger partial charge in [0.1, 0.15) is 0 Å². The van der Waals surface area contributed by atoms with Gasteiger partial charge in [-0.15, -0.1) is 11.3 Å². The number of rotatable bonds is 3. The molecule has 0 aliphatic rings. The molecule has 1 heterocycles. The maximum absolute atomic E-state index is 6.00. The second-order valence-corrected chi connectivity index (χ2v) is 6.72. The van der Waals surface area contributed by atoms with Crippen LogP contribution < -0.4 is 11.3 Å². The Hall–Kier alpha value is -0.100. The van der Waals surface area contributed by atoms with E-state index in [0.717, 1.165) is 14.2 Å². The first-order valence-electron chi connectivity index (χ1n) is 4.78. The molecule has 0 fully saturated rings. The van der Waals surface area contributed by atoms with Gasteiger partial charge in [-0.3, -0.25) is 5.84 Å². The van der Waals surface area contributed by atoms with Crippen LogP contribution in [0.4, 0.5) is 0 Å². The molecule has 1 unspecified atom stereocenters. The standard InChI is InChI=1S/C11H9BrCl2N2S/c12-10-4-3-9(17-10)11(16-15)6-1-2-7(13)8(14)5-6/h1-5,11,16H,15H2. The molecule has 0 radical (unpaired) electrons. The summed E-state index contributed by atoms with van der Waals surface area (Å²) in [5, 5.41) is 1.07. The van der Waals surface area contributed by atoms with Crippen molar-refractivity contribution in [2.24, 2.45) is 5.84 Å². The first-order chi connectivity index (χ1) is 8.11. The molecule has 0 amide bonds. The van der Waals surface area contributed by atoms with E-state index in [1.54, 1.807) is 17.4 Å². The van der Waals surface area contributed by atoms with Gasteiger partial charge in [-0.05, 0) is 45.8 Å². The average molecular weight is 352 g/mol. The number of hydrogen-bond acceptors (Lipinski definition) is 3. The number of nitrogens with two attached hydrogens (primary N) is 1. The largest absolute Gasteiger partial charge is 0.271 e. The minimum absolute atomic E-state index is 0.0823. The topological polar surface area (TPSA) is 38.0 Å². The molecule has 1 aromatic heterocycles. The van der Waals surface area contributed by atoms with Crippen LogP contribution in [0.3, 0.4) is 0 Å². The van der Waals surface area contributed by atoms with Crippen molar-refractivity contribution < 1.29 is 0 Å². The predicted octanol–water partition coefficient (Wildman–Crippen LogP) is 4.37. The van der Waals surface area contributed by atoms with Crippen molar-refractivity contribution in [2.75, 3.05) is 0 Å². The second-order valence-electron chi connectivity index (χ2n) is 3.42. The van der Waals surface area contributed by atoms with Crippen molar-refractivity contribution in [2.45, 2.75) is 6.04 Å². The summed E-state index contributed by atoms with van der Waals surface area (Å²) in [5.74, 6) is 5.60. The highest BCUT2D eigenvalue weighted by atomic mass is 79.9. The fourth-order valence-electron chi connectivity index (χ4n) is 1.52. The maximum atomic E-state index is 6.00. The van der Waals surface area contributed by atoms with Crippen LogP contribution in [0, 0.1) is 0 Å². The highest BCUT2D eigenvalue weighted by Crippen LogP contribution is 2.33. The molecule has 2 rings (SSSR count). The SMILES string of the molecule is NNC(c1ccc(Cl)c(Cl)c1)c1ccc(Br)s1. The lowest BCUT2D eigenvalue weighted by atomic mass is 10.1. The molecule has 6 heteroatoms. The molecule has 0 aliphatic carbocycles. The van der Waals surface area contributed by atoms with Crippen molar-refractivity contribution >= 4 is 50.5 Å². The molecular formula is C11H9BrCl2N2S. The minimum Gasteiger partial charge on any atom is -0.271 e. The zero-order valence-corrected chi connectivity index (χ0v) is 12.5. The van der Waals surface area contributed by atoms with E-state index < -0.39 is 0 Å². The van der Waals surface area contributed by atoms with Gasteiger partial charge >= 0.3 is 0 Å². The summed E-state index contributed by atoms with van der Waals surface area (Å²) >= 11 is 16.9. The summed E-state index contributed by atoms with van der Waals surface area (Å²) in [5.41, 5.74) is 3.77. The van der Waals surface area contributed by atoms with Gasteiger partial charge in [0.25, 0.3) is 0 Å². The van der Waals surface area contributed by atoms with Crippen molar-refractivity contribution in [1.29, 1.82) is 0 Å². The summed E-state index contributed by atoms with van der Waals surface area (Å²) < 4.78 is 1.06. The maximum Gasteiger partial charge on any atom is 0.0803 e. The number of benzene rings is 1. The summed E-state index contributed by atoms with van der Waals surface area (Å²) in [6, 6.07) is 9.42. The lowest BCUT2D eigenvalue weighted by Crippen LogP contribution is -2.28. The van der Waals surface area contributed by atoms with Crippen LogP contribution in [0.15, 0.2) is 34.1 Å². The normalized spacial score (nSPS) is 12.7. The predicted molar refractivity (Wildman–Crippen MR) is 77.6 cm³/mol. The van der Waals surface area contributed by atoms with E-state index in [1.165, 1.54) is 0 Å². The van der Waals surface area contributed by atoms with E-state index in [0.29, 0.717) is 10.0 Å². The second kappa shape index (κ2) is 5.69. The van der Waals surface area contributed by atoms with Gasteiger partial charge in [0, 0.05) is 4.88 Å². The van der Waals surface area contributed by atoms with Gasteiger partial charge in [0.2, 0.25) is 0 Å². The fourth-order valence-corrected chi connectivity index (χ4v) is 3.34. The zero-order valence-electron chi connectivity index (χ0n) is 8.58. The molecule has 3 N–H and O–H groups in total. The van der Waals surface area contributed by atoms with Crippen LogP contribution in [0.1, 0.15) is 16.5 Å². The lowest BCUT2D eigenvalue weighted by Gasteiger charge is -2.15. The van der Waals surface area contributed by atoms with Crippen molar-refractivity contribution in [3.8, 4) is 0 Å². The molecule has 2 aromatic rings. The molecular weight excluding hydrogens is 343 g/mol. The summed E-state index contributed by atoms with van der Waals surface area (Å²) in [7, 11) is 0. The summed E-state index contributed by atoms with van der Waals surface area (Å²) in [6.07, 6.45) is 0. The molecule has 1 atom stereocenters. The van der Waals surface area contributed by atoms with Crippen molar-refractivity contribution in [3.63, 3.8) is 0 Å². The Bertz CT molecular complexity index is 530. The zero-order chi connectivity index (χ0) is 12.4. The fraction of sp³-hybridized carbons (Fsp3) is 0.0909. The Morgan fingerprint density at radius 1 is 1.18 bits per heavy atom. The van der Waals surface area contributed by atoms with Crippen LogP contribution in [0.25, 0.3) is 0 Å². The third kappa shape index (κ3) is 3.02. The van der Waals surface area contributed by atoms with Crippen LogP contribution in [-0.2, 0) is 0 Å². The number of hydrogen-bond donors (Lipinski definition) is 2. The van der Waals surface area contributed by atoms with E-state index in [2.05, 4.69) is 21.4 Å². The van der Waals surface area contributed by atoms with Gasteiger partial charge in [-0.1, -0.05) is 29.3 Å². The van der Waals surface area contributed by atoms with E-state index in [9.17, 15) is 0 Å². The van der Waals surface area contributed by atoms with Gasteiger partial charge in [0.05, 0.1) is 19.9 Å². The van der Waals surface area contributed by atoms with E-state index in [4.69, 9.17) is 29.0 Å². The molecule has 17 heavy (non-hydrogen) atoms. The third-order valence-electron chi connectivity index (χ3n) is 2.32. The number of halogens is 3. The van der Waals surface area contributed by atoms with Gasteiger partial charge in [-0.25, -0.2) is 5.43 Å². The monoisotopic (exact) mass is 350 g/mol. The molecule has 0 saturated carbocycles. The van der Waals surface area contributed by atoms with Crippen molar-refractivity contribution in [1.82, 2.24) is 5.43 Å².